The standard InChI is InChI=1S/C19H25N3O3/c1-11(2)8-15-19(25)22-10-14(9-16(22)18(24)21-15)20-17(23)13-6-4-12(3)5-7-13/h4-7,11,14-16H,8-10H2,1-3H3,(H,20,23)(H,21,24)/t14-,15-,16-/m0/s1. The molecule has 6 heteroatoms. The third kappa shape index (κ3) is 3.67. The molecule has 3 rings (SSSR count). The molecule has 1 aromatic rings. The van der Waals surface area contributed by atoms with Crippen molar-refractivity contribution in [3.63, 3.8) is 0 Å². The fraction of sp³-hybridized carbons (Fsp3) is 0.526. The quantitative estimate of drug-likeness (QED) is 0.863. The Balaban J connectivity index is 1.65. The van der Waals surface area contributed by atoms with Gasteiger partial charge in [-0.1, -0.05) is 31.5 Å². The molecule has 2 N–H and O–H groups in total. The Morgan fingerprint density at radius 2 is 1.96 bits per heavy atom. The lowest BCUT2D eigenvalue weighted by Crippen LogP contribution is -2.61. The van der Waals surface area contributed by atoms with Crippen molar-refractivity contribution in [2.75, 3.05) is 6.54 Å². The topological polar surface area (TPSA) is 78.5 Å². The van der Waals surface area contributed by atoms with Crippen LogP contribution in [-0.4, -0.2) is 47.3 Å². The van der Waals surface area contributed by atoms with Crippen LogP contribution >= 0.6 is 0 Å². The molecule has 0 unspecified atom stereocenters. The number of nitrogens with one attached hydrogen (secondary N) is 2. The van der Waals surface area contributed by atoms with Gasteiger partial charge in [-0.25, -0.2) is 0 Å². The smallest absolute Gasteiger partial charge is 0.251 e. The van der Waals surface area contributed by atoms with Crippen LogP contribution in [0.5, 0.6) is 0 Å². The Kier molecular flexibility index (Phi) is 4.79. The zero-order valence-corrected chi connectivity index (χ0v) is 14.9. The zero-order chi connectivity index (χ0) is 18.1. The number of nitrogens with zero attached hydrogens (tertiary/aromatic N) is 1. The second-order valence-electron chi connectivity index (χ2n) is 7.47. The Hall–Kier alpha value is -2.37. The van der Waals surface area contributed by atoms with Crippen LogP contribution in [0.2, 0.25) is 0 Å². The first-order chi connectivity index (χ1) is 11.8. The number of hydrogen-bond donors (Lipinski definition) is 2. The van der Waals surface area contributed by atoms with Gasteiger partial charge in [-0.3, -0.25) is 14.4 Å². The zero-order valence-electron chi connectivity index (χ0n) is 14.9. The van der Waals surface area contributed by atoms with E-state index < -0.39 is 12.1 Å². The third-order valence-electron chi connectivity index (χ3n) is 4.86. The van der Waals surface area contributed by atoms with Gasteiger partial charge in [0.25, 0.3) is 5.91 Å². The molecule has 0 bridgehead atoms. The highest BCUT2D eigenvalue weighted by molar-refractivity contribution is 5.98. The third-order valence-corrected chi connectivity index (χ3v) is 4.86. The summed E-state index contributed by atoms with van der Waals surface area (Å²) in [6.45, 7) is 6.41. The predicted octanol–water partition coefficient (Wildman–Crippen LogP) is 1.24. The number of carbonyl (C=O) groups is 3. The maximum atomic E-state index is 12.6. The van der Waals surface area contributed by atoms with E-state index in [4.69, 9.17) is 0 Å². The molecule has 0 aliphatic carbocycles. The second kappa shape index (κ2) is 6.86. The van der Waals surface area contributed by atoms with Gasteiger partial charge >= 0.3 is 0 Å². The lowest BCUT2D eigenvalue weighted by Gasteiger charge is -2.35. The van der Waals surface area contributed by atoms with Gasteiger partial charge in [0.2, 0.25) is 11.8 Å². The molecule has 25 heavy (non-hydrogen) atoms. The van der Waals surface area contributed by atoms with E-state index in [9.17, 15) is 14.4 Å². The molecular weight excluding hydrogens is 318 g/mol. The van der Waals surface area contributed by atoms with E-state index in [0.717, 1.165) is 5.56 Å². The van der Waals surface area contributed by atoms with E-state index >= 15 is 0 Å². The van der Waals surface area contributed by atoms with E-state index in [-0.39, 0.29) is 23.8 Å². The maximum Gasteiger partial charge on any atom is 0.251 e. The molecule has 0 saturated carbocycles. The van der Waals surface area contributed by atoms with Crippen molar-refractivity contribution in [3.8, 4) is 0 Å². The van der Waals surface area contributed by atoms with E-state index in [0.29, 0.717) is 30.9 Å². The largest absolute Gasteiger partial charge is 0.347 e. The highest BCUT2D eigenvalue weighted by Crippen LogP contribution is 2.25. The summed E-state index contributed by atoms with van der Waals surface area (Å²) in [7, 11) is 0. The number of benzene rings is 1. The van der Waals surface area contributed by atoms with E-state index in [1.807, 2.05) is 32.9 Å². The van der Waals surface area contributed by atoms with Crippen LogP contribution in [0.15, 0.2) is 24.3 Å². The molecule has 2 saturated heterocycles. The highest BCUT2D eigenvalue weighted by Gasteiger charge is 2.46. The summed E-state index contributed by atoms with van der Waals surface area (Å²) in [6, 6.07) is 6.22. The van der Waals surface area contributed by atoms with E-state index in [2.05, 4.69) is 10.6 Å². The lowest BCUT2D eigenvalue weighted by molar-refractivity contribution is -0.147. The van der Waals surface area contributed by atoms with Gasteiger partial charge in [0.1, 0.15) is 12.1 Å². The van der Waals surface area contributed by atoms with Gasteiger partial charge < -0.3 is 15.5 Å². The monoisotopic (exact) mass is 343 g/mol. The van der Waals surface area contributed by atoms with Crippen molar-refractivity contribution in [3.05, 3.63) is 35.4 Å². The van der Waals surface area contributed by atoms with Gasteiger partial charge in [-0.15, -0.1) is 0 Å². The van der Waals surface area contributed by atoms with Crippen LogP contribution in [0, 0.1) is 12.8 Å². The molecule has 6 nitrogen and oxygen atoms in total. The molecule has 134 valence electrons. The predicted molar refractivity (Wildman–Crippen MR) is 93.9 cm³/mol. The van der Waals surface area contributed by atoms with Gasteiger partial charge in [0, 0.05) is 18.2 Å². The number of carbonyl (C=O) groups excluding carboxylic acids is 3. The van der Waals surface area contributed by atoms with Crippen molar-refractivity contribution in [2.45, 2.75) is 51.7 Å². The summed E-state index contributed by atoms with van der Waals surface area (Å²) in [4.78, 5) is 39.0. The summed E-state index contributed by atoms with van der Waals surface area (Å²) >= 11 is 0. The summed E-state index contributed by atoms with van der Waals surface area (Å²) in [6.07, 6.45) is 1.09. The first-order valence-electron chi connectivity index (χ1n) is 8.83. The molecule has 2 fully saturated rings. The fourth-order valence-corrected chi connectivity index (χ4v) is 3.57. The minimum absolute atomic E-state index is 0.0367. The molecule has 2 aliphatic rings. The maximum absolute atomic E-state index is 12.6. The van der Waals surface area contributed by atoms with Crippen LogP contribution in [-0.2, 0) is 9.59 Å². The van der Waals surface area contributed by atoms with Crippen LogP contribution in [0.4, 0.5) is 0 Å². The number of rotatable bonds is 4. The van der Waals surface area contributed by atoms with Crippen molar-refractivity contribution in [1.29, 1.82) is 0 Å². The number of piperazine rings is 1. The fourth-order valence-electron chi connectivity index (χ4n) is 3.57. The van der Waals surface area contributed by atoms with Gasteiger partial charge in [-0.05, 0) is 37.8 Å². The summed E-state index contributed by atoms with van der Waals surface area (Å²) in [5.74, 6) is 0.00425. The average molecular weight is 343 g/mol. The van der Waals surface area contributed by atoms with Crippen LogP contribution < -0.4 is 10.6 Å². The SMILES string of the molecule is Cc1ccc(C(=O)N[C@H]2C[C@H]3C(=O)N[C@@H](CC(C)C)C(=O)N3C2)cc1. The summed E-state index contributed by atoms with van der Waals surface area (Å²) in [5, 5.41) is 5.79. The Morgan fingerprint density at radius 1 is 1.28 bits per heavy atom. The van der Waals surface area contributed by atoms with E-state index in [1.165, 1.54) is 0 Å². The van der Waals surface area contributed by atoms with Gasteiger partial charge in [0.15, 0.2) is 0 Å². The number of amides is 3. The Bertz CT molecular complexity index is 684. The molecule has 3 amide bonds. The van der Waals surface area contributed by atoms with Gasteiger partial charge in [-0.2, -0.15) is 0 Å². The van der Waals surface area contributed by atoms with Crippen LogP contribution in [0.25, 0.3) is 0 Å². The molecule has 0 spiro atoms. The molecule has 0 radical (unpaired) electrons. The number of fused-ring (bicyclic) bond motifs is 1. The number of aryl methyl sites for hydroxylation is 1. The lowest BCUT2D eigenvalue weighted by atomic mass is 9.99. The number of hydrogen-bond acceptors (Lipinski definition) is 3. The van der Waals surface area contributed by atoms with E-state index in [1.54, 1.807) is 17.0 Å². The molecule has 3 atom stereocenters. The van der Waals surface area contributed by atoms with Crippen molar-refractivity contribution in [1.82, 2.24) is 15.5 Å². The summed E-state index contributed by atoms with van der Waals surface area (Å²) < 4.78 is 0. The summed E-state index contributed by atoms with van der Waals surface area (Å²) in [5.41, 5.74) is 1.68. The van der Waals surface area contributed by atoms with Gasteiger partial charge in [0.05, 0.1) is 0 Å². The molecule has 2 aliphatic heterocycles. The molecular formula is C19H25N3O3. The Labute approximate surface area is 148 Å². The second-order valence-corrected chi connectivity index (χ2v) is 7.47. The first kappa shape index (κ1) is 17.5. The Morgan fingerprint density at radius 3 is 2.60 bits per heavy atom. The minimum Gasteiger partial charge on any atom is -0.347 e. The van der Waals surface area contributed by atoms with Crippen molar-refractivity contribution >= 4 is 17.7 Å². The molecule has 1 aromatic carbocycles. The van der Waals surface area contributed by atoms with Crippen molar-refractivity contribution in [2.24, 2.45) is 5.92 Å². The average Bonchev–Trinajstić information content (AvgIpc) is 2.97. The van der Waals surface area contributed by atoms with Crippen LogP contribution in [0.1, 0.15) is 42.6 Å². The highest BCUT2D eigenvalue weighted by atomic mass is 16.2. The van der Waals surface area contributed by atoms with Crippen molar-refractivity contribution < 1.29 is 14.4 Å². The van der Waals surface area contributed by atoms with Crippen LogP contribution in [0.3, 0.4) is 0 Å². The molecule has 2 heterocycles. The normalized spacial score (nSPS) is 25.8. The molecule has 0 aromatic heterocycles. The minimum atomic E-state index is -0.473. The first-order valence-corrected chi connectivity index (χ1v) is 8.83.